The van der Waals surface area contributed by atoms with Crippen molar-refractivity contribution in [2.24, 2.45) is 5.73 Å². The van der Waals surface area contributed by atoms with E-state index in [1.54, 1.807) is 13.0 Å². The molecule has 4 amide bonds. The summed E-state index contributed by atoms with van der Waals surface area (Å²) in [5.74, 6) is -1.01. The van der Waals surface area contributed by atoms with Gasteiger partial charge in [0.25, 0.3) is 5.91 Å². The number of rotatable bonds is 3. The number of urea groups is 1. The zero-order valence-corrected chi connectivity index (χ0v) is 11.2. The van der Waals surface area contributed by atoms with Gasteiger partial charge in [-0.15, -0.1) is 11.6 Å². The number of carbonyl (C=O) groups is 3. The van der Waals surface area contributed by atoms with Crippen LogP contribution >= 0.6 is 11.6 Å². The molecular weight excluding hydrogens is 270 g/mol. The molecule has 4 N–H and O–H groups in total. The van der Waals surface area contributed by atoms with Gasteiger partial charge in [-0.1, -0.05) is 6.07 Å². The SMILES string of the molecule is Cc1ccc(C(=O)NC(N)=O)cc1NC(=O)C(C)Cl. The third kappa shape index (κ3) is 4.26. The van der Waals surface area contributed by atoms with Crippen LogP contribution in [0.2, 0.25) is 0 Å². The molecule has 0 radical (unpaired) electrons. The van der Waals surface area contributed by atoms with Crippen molar-refractivity contribution < 1.29 is 14.4 Å². The lowest BCUT2D eigenvalue weighted by molar-refractivity contribution is -0.115. The molecule has 6 nitrogen and oxygen atoms in total. The molecule has 1 rings (SSSR count). The van der Waals surface area contributed by atoms with Gasteiger partial charge in [-0.2, -0.15) is 0 Å². The highest BCUT2D eigenvalue weighted by Gasteiger charge is 2.13. The molecule has 0 fully saturated rings. The number of anilines is 1. The van der Waals surface area contributed by atoms with Gasteiger partial charge in [0.15, 0.2) is 0 Å². The fraction of sp³-hybridized carbons (Fsp3) is 0.250. The van der Waals surface area contributed by atoms with E-state index in [4.69, 9.17) is 17.3 Å². The van der Waals surface area contributed by atoms with Crippen LogP contribution in [0.1, 0.15) is 22.8 Å². The van der Waals surface area contributed by atoms with Crippen molar-refractivity contribution in [3.8, 4) is 0 Å². The summed E-state index contributed by atoms with van der Waals surface area (Å²) in [7, 11) is 0. The average Bonchev–Trinajstić information content (AvgIpc) is 2.30. The summed E-state index contributed by atoms with van der Waals surface area (Å²) in [5.41, 5.74) is 6.29. The molecule has 7 heteroatoms. The van der Waals surface area contributed by atoms with Crippen LogP contribution in [0.3, 0.4) is 0 Å². The molecule has 19 heavy (non-hydrogen) atoms. The summed E-state index contributed by atoms with van der Waals surface area (Å²) in [5, 5.41) is 3.84. The molecule has 1 unspecified atom stereocenters. The van der Waals surface area contributed by atoms with Gasteiger partial charge in [0, 0.05) is 11.3 Å². The number of imide groups is 1. The van der Waals surface area contributed by atoms with E-state index >= 15 is 0 Å². The van der Waals surface area contributed by atoms with Gasteiger partial charge in [0.2, 0.25) is 5.91 Å². The molecule has 0 spiro atoms. The van der Waals surface area contributed by atoms with Crippen molar-refractivity contribution in [2.75, 3.05) is 5.32 Å². The monoisotopic (exact) mass is 283 g/mol. The Balaban J connectivity index is 2.97. The average molecular weight is 284 g/mol. The number of hydrogen-bond acceptors (Lipinski definition) is 3. The van der Waals surface area contributed by atoms with Gasteiger partial charge in [-0.3, -0.25) is 14.9 Å². The second kappa shape index (κ2) is 6.19. The Bertz CT molecular complexity index is 529. The molecule has 0 aliphatic carbocycles. The molecule has 102 valence electrons. The maximum atomic E-state index is 11.6. The van der Waals surface area contributed by atoms with Crippen LogP contribution in [-0.2, 0) is 4.79 Å². The van der Waals surface area contributed by atoms with Gasteiger partial charge in [-0.25, -0.2) is 4.79 Å². The van der Waals surface area contributed by atoms with E-state index in [2.05, 4.69) is 5.32 Å². The van der Waals surface area contributed by atoms with Crippen LogP contribution in [-0.4, -0.2) is 23.2 Å². The highest BCUT2D eigenvalue weighted by Crippen LogP contribution is 2.17. The van der Waals surface area contributed by atoms with E-state index in [1.807, 2.05) is 5.32 Å². The molecular formula is C12H14ClN3O3. The predicted octanol–water partition coefficient (Wildman–Crippen LogP) is 1.37. The zero-order valence-electron chi connectivity index (χ0n) is 10.5. The van der Waals surface area contributed by atoms with E-state index in [-0.39, 0.29) is 11.5 Å². The zero-order chi connectivity index (χ0) is 14.6. The van der Waals surface area contributed by atoms with Gasteiger partial charge in [0.1, 0.15) is 5.38 Å². The number of carbonyl (C=O) groups excluding carboxylic acids is 3. The number of alkyl halides is 1. The number of nitrogens with one attached hydrogen (secondary N) is 2. The largest absolute Gasteiger partial charge is 0.351 e. The summed E-state index contributed by atoms with van der Waals surface area (Å²) < 4.78 is 0. The molecule has 0 aliphatic heterocycles. The molecule has 1 aromatic carbocycles. The van der Waals surface area contributed by atoms with Crippen molar-refractivity contribution in [3.63, 3.8) is 0 Å². The Labute approximate surface area is 115 Å². The van der Waals surface area contributed by atoms with Gasteiger partial charge in [-0.05, 0) is 31.5 Å². The fourth-order valence-corrected chi connectivity index (χ4v) is 1.37. The minimum Gasteiger partial charge on any atom is -0.351 e. The first-order chi connectivity index (χ1) is 8.81. The van der Waals surface area contributed by atoms with Crippen LogP contribution in [0.25, 0.3) is 0 Å². The quantitative estimate of drug-likeness (QED) is 0.730. The standard InChI is InChI=1S/C12H14ClN3O3/c1-6-3-4-8(11(18)16-12(14)19)5-9(6)15-10(17)7(2)13/h3-5,7H,1-2H3,(H,15,17)(H3,14,16,18,19). The van der Waals surface area contributed by atoms with Gasteiger partial charge in [0.05, 0.1) is 0 Å². The number of amides is 4. The summed E-state index contributed by atoms with van der Waals surface area (Å²) >= 11 is 5.65. The van der Waals surface area contributed by atoms with E-state index in [1.165, 1.54) is 19.1 Å². The van der Waals surface area contributed by atoms with Crippen LogP contribution in [0.4, 0.5) is 10.5 Å². The number of hydrogen-bond donors (Lipinski definition) is 3. The highest BCUT2D eigenvalue weighted by molar-refractivity contribution is 6.32. The lowest BCUT2D eigenvalue weighted by atomic mass is 10.1. The Morgan fingerprint density at radius 2 is 1.95 bits per heavy atom. The molecule has 0 aromatic heterocycles. The number of halogens is 1. The Morgan fingerprint density at radius 1 is 1.32 bits per heavy atom. The predicted molar refractivity (Wildman–Crippen MR) is 72.2 cm³/mol. The summed E-state index contributed by atoms with van der Waals surface area (Å²) in [6.07, 6.45) is 0. The van der Waals surface area contributed by atoms with E-state index in [0.29, 0.717) is 5.69 Å². The third-order valence-electron chi connectivity index (χ3n) is 2.36. The second-order valence-electron chi connectivity index (χ2n) is 3.95. The topological polar surface area (TPSA) is 101 Å². The Kier molecular flexibility index (Phi) is 4.88. The van der Waals surface area contributed by atoms with Gasteiger partial charge < -0.3 is 11.1 Å². The minimum absolute atomic E-state index is 0.210. The fourth-order valence-electron chi connectivity index (χ4n) is 1.31. The normalized spacial score (nSPS) is 11.5. The van der Waals surface area contributed by atoms with Crippen LogP contribution in [0.5, 0.6) is 0 Å². The lowest BCUT2D eigenvalue weighted by Gasteiger charge is -2.11. The summed E-state index contributed by atoms with van der Waals surface area (Å²) in [6.45, 7) is 3.31. The Hall–Kier alpha value is -2.08. The molecule has 0 bridgehead atoms. The summed E-state index contributed by atoms with van der Waals surface area (Å²) in [4.78, 5) is 33.7. The second-order valence-corrected chi connectivity index (χ2v) is 4.61. The molecule has 0 saturated heterocycles. The number of primary amides is 1. The van der Waals surface area contributed by atoms with Crippen molar-refractivity contribution >= 4 is 35.1 Å². The van der Waals surface area contributed by atoms with Crippen molar-refractivity contribution in [1.29, 1.82) is 0 Å². The number of aryl methyl sites for hydroxylation is 1. The summed E-state index contributed by atoms with van der Waals surface area (Å²) in [6, 6.07) is 3.67. The maximum Gasteiger partial charge on any atom is 0.319 e. The smallest absolute Gasteiger partial charge is 0.319 e. The first-order valence-corrected chi connectivity index (χ1v) is 5.91. The van der Waals surface area contributed by atoms with Crippen molar-refractivity contribution in [1.82, 2.24) is 5.32 Å². The number of nitrogens with two attached hydrogens (primary N) is 1. The lowest BCUT2D eigenvalue weighted by Crippen LogP contribution is -2.35. The highest BCUT2D eigenvalue weighted by atomic mass is 35.5. The molecule has 1 atom stereocenters. The van der Waals surface area contributed by atoms with Crippen LogP contribution < -0.4 is 16.4 Å². The first kappa shape index (κ1) is 15.0. The van der Waals surface area contributed by atoms with E-state index in [0.717, 1.165) is 5.56 Å². The third-order valence-corrected chi connectivity index (χ3v) is 2.55. The minimum atomic E-state index is -0.939. The van der Waals surface area contributed by atoms with E-state index < -0.39 is 17.3 Å². The maximum absolute atomic E-state index is 11.6. The molecule has 0 heterocycles. The molecule has 0 aliphatic rings. The van der Waals surface area contributed by atoms with Crippen molar-refractivity contribution in [3.05, 3.63) is 29.3 Å². The molecule has 1 aromatic rings. The number of benzene rings is 1. The molecule has 0 saturated carbocycles. The van der Waals surface area contributed by atoms with Crippen molar-refractivity contribution in [2.45, 2.75) is 19.2 Å². The van der Waals surface area contributed by atoms with Crippen LogP contribution in [0.15, 0.2) is 18.2 Å². The first-order valence-electron chi connectivity index (χ1n) is 5.47. The Morgan fingerprint density at radius 3 is 2.47 bits per heavy atom. The van der Waals surface area contributed by atoms with Gasteiger partial charge >= 0.3 is 6.03 Å². The van der Waals surface area contributed by atoms with E-state index in [9.17, 15) is 14.4 Å². The van der Waals surface area contributed by atoms with Crippen LogP contribution in [0, 0.1) is 6.92 Å².